The number of rotatable bonds is 8. The Kier molecular flexibility index (Phi) is 9.84. The summed E-state index contributed by atoms with van der Waals surface area (Å²) in [5.41, 5.74) is 5.74. The van der Waals surface area contributed by atoms with Gasteiger partial charge in [0.15, 0.2) is 0 Å². The summed E-state index contributed by atoms with van der Waals surface area (Å²) in [6, 6.07) is 17.6. The lowest BCUT2D eigenvalue weighted by molar-refractivity contribution is -0.120. The maximum absolute atomic E-state index is 13.1. The second-order valence-corrected chi connectivity index (χ2v) is 15.2. The number of hydrogen-bond donors (Lipinski definition) is 0. The molecule has 2 aromatic carbocycles. The van der Waals surface area contributed by atoms with Crippen LogP contribution in [0.15, 0.2) is 82.2 Å². The SMILES string of the molecule is CCOc1cc(C(C)(C)C)ncc1C1CC(N2C(c3ccc(Cl)cc3)=NC(C)C2C)=C(N2C(c3ccc(Cl)cc3)=N[C@@H](C)[C@H]2C)CN1C=O. The van der Waals surface area contributed by atoms with E-state index in [-0.39, 0.29) is 35.6 Å². The van der Waals surface area contributed by atoms with Gasteiger partial charge in [0.1, 0.15) is 17.4 Å². The van der Waals surface area contributed by atoms with Gasteiger partial charge in [0.2, 0.25) is 6.41 Å². The topological polar surface area (TPSA) is 73.6 Å². The largest absolute Gasteiger partial charge is 0.493 e. The number of benzene rings is 2. The van der Waals surface area contributed by atoms with Crippen LogP contribution in [-0.2, 0) is 10.2 Å². The molecule has 0 radical (unpaired) electrons. The first-order valence-electron chi connectivity index (χ1n) is 17.1. The number of hydrogen-bond acceptors (Lipinski definition) is 7. The third-order valence-corrected chi connectivity index (χ3v) is 10.5. The van der Waals surface area contributed by atoms with Crippen molar-refractivity contribution in [3.8, 4) is 5.75 Å². The first kappa shape index (κ1) is 35.0. The van der Waals surface area contributed by atoms with E-state index >= 15 is 0 Å². The maximum atomic E-state index is 13.1. The highest BCUT2D eigenvalue weighted by Gasteiger charge is 2.44. The summed E-state index contributed by atoms with van der Waals surface area (Å²) in [5.74, 6) is 2.51. The van der Waals surface area contributed by atoms with E-state index in [9.17, 15) is 4.79 Å². The normalized spacial score (nSPS) is 24.4. The Morgan fingerprint density at radius 3 is 1.82 bits per heavy atom. The van der Waals surface area contributed by atoms with Crippen molar-refractivity contribution in [2.75, 3.05) is 13.2 Å². The van der Waals surface area contributed by atoms with Crippen molar-refractivity contribution < 1.29 is 9.53 Å². The van der Waals surface area contributed by atoms with E-state index < -0.39 is 0 Å². The zero-order chi connectivity index (χ0) is 35.2. The van der Waals surface area contributed by atoms with Crippen molar-refractivity contribution in [1.29, 1.82) is 0 Å². The summed E-state index contributed by atoms with van der Waals surface area (Å²) in [4.78, 5) is 35.0. The molecule has 0 bridgehead atoms. The minimum Gasteiger partial charge on any atom is -0.493 e. The molecule has 0 saturated carbocycles. The van der Waals surface area contributed by atoms with Gasteiger partial charge in [0, 0.05) is 62.2 Å². The molecule has 0 saturated heterocycles. The van der Waals surface area contributed by atoms with Crippen molar-refractivity contribution in [3.63, 3.8) is 0 Å². The lowest BCUT2D eigenvalue weighted by Crippen LogP contribution is -2.49. The maximum Gasteiger partial charge on any atom is 0.210 e. The zero-order valence-corrected chi connectivity index (χ0v) is 31.1. The Hall–Kier alpha value is -3.88. The first-order chi connectivity index (χ1) is 23.3. The summed E-state index contributed by atoms with van der Waals surface area (Å²) in [6.07, 6.45) is 3.39. The Labute approximate surface area is 300 Å². The van der Waals surface area contributed by atoms with Gasteiger partial charge < -0.3 is 19.4 Å². The Balaban J connectivity index is 1.56. The van der Waals surface area contributed by atoms with Crippen LogP contribution in [0, 0.1) is 0 Å². The molecule has 6 rings (SSSR count). The summed E-state index contributed by atoms with van der Waals surface area (Å²) >= 11 is 12.6. The summed E-state index contributed by atoms with van der Waals surface area (Å²) in [5, 5.41) is 1.34. The average molecular weight is 702 g/mol. The van der Waals surface area contributed by atoms with Crippen molar-refractivity contribution in [2.45, 2.75) is 97.4 Å². The standard InChI is InChI=1S/C39H46Cl2N6O2/c1-9-49-35-19-36(39(6,7)8)42-20-31(35)32-18-33(46-25(4)23(2)43-37(46)27-10-14-29(40)15-11-27)34(21-45(32)22-48)47-26(5)24(3)44-38(47)28-12-16-30(41)17-13-28/h10-17,19-20,22-26,32H,9,18,21H2,1-8H3/t23?,24-,25?,26+,32?/m0/s1. The number of carbonyl (C=O) groups excluding carboxylic acids is 1. The highest BCUT2D eigenvalue weighted by molar-refractivity contribution is 6.31. The van der Waals surface area contributed by atoms with E-state index in [1.807, 2.05) is 72.6 Å². The van der Waals surface area contributed by atoms with Crippen LogP contribution >= 0.6 is 23.2 Å². The van der Waals surface area contributed by atoms with Crippen molar-refractivity contribution in [2.24, 2.45) is 9.98 Å². The fourth-order valence-electron chi connectivity index (χ4n) is 6.95. The van der Waals surface area contributed by atoms with Crippen LogP contribution in [0.5, 0.6) is 5.75 Å². The van der Waals surface area contributed by atoms with Gasteiger partial charge in [0.05, 0.1) is 49.1 Å². The highest BCUT2D eigenvalue weighted by atomic mass is 35.5. The molecule has 3 aromatic rings. The smallest absolute Gasteiger partial charge is 0.210 e. The first-order valence-corrected chi connectivity index (χ1v) is 17.9. The van der Waals surface area contributed by atoms with Gasteiger partial charge in [-0.3, -0.25) is 19.8 Å². The molecule has 8 nitrogen and oxygen atoms in total. The molecule has 3 unspecified atom stereocenters. The van der Waals surface area contributed by atoms with Crippen LogP contribution in [-0.4, -0.2) is 75.1 Å². The second-order valence-electron chi connectivity index (χ2n) is 14.3. The molecule has 4 heterocycles. The van der Waals surface area contributed by atoms with Crippen LogP contribution in [0.1, 0.15) is 90.2 Å². The average Bonchev–Trinajstić information content (AvgIpc) is 3.54. The third kappa shape index (κ3) is 6.70. The van der Waals surface area contributed by atoms with Gasteiger partial charge in [0.25, 0.3) is 0 Å². The number of aliphatic imine (C=N–C) groups is 2. The van der Waals surface area contributed by atoms with Crippen molar-refractivity contribution in [1.82, 2.24) is 19.7 Å². The van der Waals surface area contributed by atoms with Gasteiger partial charge in [-0.15, -0.1) is 0 Å². The molecular formula is C39H46Cl2N6O2. The number of amides is 1. The number of halogens is 2. The number of ether oxygens (including phenoxy) is 1. The Bertz CT molecular complexity index is 1800. The number of carbonyl (C=O) groups is 1. The van der Waals surface area contributed by atoms with Crippen LogP contribution in [0.2, 0.25) is 10.0 Å². The van der Waals surface area contributed by atoms with Crippen LogP contribution in [0.3, 0.4) is 0 Å². The van der Waals surface area contributed by atoms with Crippen LogP contribution in [0.25, 0.3) is 0 Å². The molecule has 3 aliphatic rings. The second kappa shape index (κ2) is 13.8. The van der Waals surface area contributed by atoms with Gasteiger partial charge in [-0.25, -0.2) is 0 Å². The molecule has 5 atom stereocenters. The molecule has 10 heteroatoms. The third-order valence-electron chi connectivity index (χ3n) is 10.0. The lowest BCUT2D eigenvalue weighted by Gasteiger charge is -2.45. The van der Waals surface area contributed by atoms with Gasteiger partial charge in [-0.05, 0) is 83.1 Å². The molecule has 0 N–H and O–H groups in total. The van der Waals surface area contributed by atoms with Gasteiger partial charge in [-0.1, -0.05) is 44.0 Å². The van der Waals surface area contributed by atoms with Crippen molar-refractivity contribution in [3.05, 3.63) is 105 Å². The molecule has 0 fully saturated rings. The summed E-state index contributed by atoms with van der Waals surface area (Å²) in [6.45, 7) is 18.0. The number of amidine groups is 2. The van der Waals surface area contributed by atoms with E-state index in [2.05, 4.69) is 58.3 Å². The minimum atomic E-state index is -0.319. The molecule has 3 aliphatic heterocycles. The summed E-state index contributed by atoms with van der Waals surface area (Å²) in [7, 11) is 0. The lowest BCUT2D eigenvalue weighted by atomic mass is 9.89. The molecule has 1 amide bonds. The van der Waals surface area contributed by atoms with E-state index in [0.717, 1.165) is 57.6 Å². The van der Waals surface area contributed by atoms with Crippen LogP contribution in [0.4, 0.5) is 0 Å². The Morgan fingerprint density at radius 2 is 1.35 bits per heavy atom. The molecule has 1 aromatic heterocycles. The Morgan fingerprint density at radius 1 is 0.837 bits per heavy atom. The summed E-state index contributed by atoms with van der Waals surface area (Å²) < 4.78 is 6.27. The predicted octanol–water partition coefficient (Wildman–Crippen LogP) is 8.28. The van der Waals surface area contributed by atoms with E-state index in [0.29, 0.717) is 29.6 Å². The predicted molar refractivity (Wildman–Crippen MR) is 199 cm³/mol. The van der Waals surface area contributed by atoms with E-state index in [1.165, 1.54) is 0 Å². The minimum absolute atomic E-state index is 0.0276. The van der Waals surface area contributed by atoms with Gasteiger partial charge >= 0.3 is 0 Å². The number of nitrogens with zero attached hydrogens (tertiary/aromatic N) is 6. The monoisotopic (exact) mass is 700 g/mol. The number of pyridine rings is 1. The molecule has 49 heavy (non-hydrogen) atoms. The quantitative estimate of drug-likeness (QED) is 0.221. The van der Waals surface area contributed by atoms with Gasteiger partial charge in [-0.2, -0.15) is 0 Å². The van der Waals surface area contributed by atoms with E-state index in [1.54, 1.807) is 0 Å². The molecule has 0 aliphatic carbocycles. The number of aromatic nitrogens is 1. The molecular weight excluding hydrogens is 655 g/mol. The van der Waals surface area contributed by atoms with Crippen LogP contribution < -0.4 is 4.74 Å². The molecule has 258 valence electrons. The fraction of sp³-hybridized carbons (Fsp3) is 0.436. The van der Waals surface area contributed by atoms with E-state index in [4.69, 9.17) is 42.9 Å². The molecule has 0 spiro atoms. The fourth-order valence-corrected chi connectivity index (χ4v) is 7.20. The highest BCUT2D eigenvalue weighted by Crippen LogP contribution is 2.44. The van der Waals surface area contributed by atoms with Crippen molar-refractivity contribution >= 4 is 41.3 Å². The zero-order valence-electron chi connectivity index (χ0n) is 29.6.